The third kappa shape index (κ3) is 4.03. The van der Waals surface area contributed by atoms with E-state index >= 15 is 0 Å². The zero-order chi connectivity index (χ0) is 15.4. The highest BCUT2D eigenvalue weighted by Gasteiger charge is 2.13. The van der Waals surface area contributed by atoms with E-state index in [1.807, 2.05) is 0 Å². The lowest BCUT2D eigenvalue weighted by Gasteiger charge is -2.07. The Morgan fingerprint density at radius 1 is 1.29 bits per heavy atom. The van der Waals surface area contributed by atoms with Crippen molar-refractivity contribution in [3.05, 3.63) is 53.3 Å². The molecule has 0 aliphatic rings. The predicted octanol–water partition coefficient (Wildman–Crippen LogP) is 2.81. The molecule has 2 aromatic carbocycles. The first-order chi connectivity index (χ1) is 9.97. The van der Waals surface area contributed by atoms with Crippen LogP contribution >= 0.6 is 11.6 Å². The lowest BCUT2D eigenvalue weighted by Crippen LogP contribution is -2.19. The number of hydrogen-bond acceptors (Lipinski definition) is 3. The number of nitrogens with two attached hydrogens (primary N) is 1. The van der Waals surface area contributed by atoms with Gasteiger partial charge in [0.15, 0.2) is 0 Å². The maximum Gasteiger partial charge on any atom is 0.237 e. The van der Waals surface area contributed by atoms with Gasteiger partial charge in [-0.2, -0.15) is 0 Å². The monoisotopic (exact) mass is 326 g/mol. The Morgan fingerprint density at radius 3 is 2.67 bits per heavy atom. The molecule has 2 aromatic rings. The second-order valence-electron chi connectivity index (χ2n) is 4.20. The van der Waals surface area contributed by atoms with E-state index < -0.39 is 22.5 Å². The lowest BCUT2D eigenvalue weighted by molar-refractivity contribution is -0.113. The first kappa shape index (κ1) is 15.5. The third-order valence-corrected chi connectivity index (χ3v) is 4.44. The number of nitrogen functional groups attached to an aromatic ring is 1. The standard InChI is InChI=1S/C14H12ClFN2O2S/c15-10-3-1-2-4-13(10)21(20)8-14(19)18-9-5-6-11(16)12(17)7-9/h1-7H,8,17H2,(H,18,19). The van der Waals surface area contributed by atoms with Crippen LogP contribution in [-0.2, 0) is 15.6 Å². The van der Waals surface area contributed by atoms with E-state index in [0.29, 0.717) is 15.6 Å². The molecule has 0 radical (unpaired) electrons. The molecule has 21 heavy (non-hydrogen) atoms. The van der Waals surface area contributed by atoms with Crippen molar-refractivity contribution in [2.45, 2.75) is 4.90 Å². The van der Waals surface area contributed by atoms with Crippen LogP contribution in [0.1, 0.15) is 0 Å². The minimum atomic E-state index is -1.56. The molecule has 1 unspecified atom stereocenters. The van der Waals surface area contributed by atoms with Crippen LogP contribution < -0.4 is 11.1 Å². The number of benzene rings is 2. The summed E-state index contributed by atoms with van der Waals surface area (Å²) in [7, 11) is -1.56. The highest BCUT2D eigenvalue weighted by molar-refractivity contribution is 7.86. The summed E-state index contributed by atoms with van der Waals surface area (Å²) in [6, 6.07) is 10.4. The van der Waals surface area contributed by atoms with Crippen LogP contribution in [-0.4, -0.2) is 15.9 Å². The van der Waals surface area contributed by atoms with E-state index in [1.165, 1.54) is 12.1 Å². The Labute approximate surface area is 128 Å². The Hall–Kier alpha value is -1.92. The molecule has 0 saturated carbocycles. The van der Waals surface area contributed by atoms with Crippen LogP contribution in [0.25, 0.3) is 0 Å². The Morgan fingerprint density at radius 2 is 2.00 bits per heavy atom. The molecular formula is C14H12ClFN2O2S. The van der Waals surface area contributed by atoms with Gasteiger partial charge in [0.05, 0.1) is 26.4 Å². The van der Waals surface area contributed by atoms with Crippen molar-refractivity contribution < 1.29 is 13.4 Å². The molecule has 0 spiro atoms. The summed E-state index contributed by atoms with van der Waals surface area (Å²) in [5.74, 6) is -1.28. The fourth-order valence-corrected chi connectivity index (χ4v) is 3.02. The Kier molecular flexibility index (Phi) is 4.93. The molecule has 2 rings (SSSR count). The van der Waals surface area contributed by atoms with Crippen molar-refractivity contribution in [1.82, 2.24) is 0 Å². The number of nitrogens with one attached hydrogen (secondary N) is 1. The fourth-order valence-electron chi connectivity index (χ4n) is 1.64. The molecule has 0 bridgehead atoms. The number of amides is 1. The van der Waals surface area contributed by atoms with Crippen molar-refractivity contribution in [1.29, 1.82) is 0 Å². The van der Waals surface area contributed by atoms with E-state index in [9.17, 15) is 13.4 Å². The van der Waals surface area contributed by atoms with Crippen LogP contribution in [0.5, 0.6) is 0 Å². The van der Waals surface area contributed by atoms with Gasteiger partial charge in [-0.15, -0.1) is 0 Å². The minimum Gasteiger partial charge on any atom is -0.396 e. The summed E-state index contributed by atoms with van der Waals surface area (Å²) < 4.78 is 25.1. The topological polar surface area (TPSA) is 72.2 Å². The molecule has 110 valence electrons. The Bertz CT molecular complexity index is 709. The minimum absolute atomic E-state index is 0.0694. The normalized spacial score (nSPS) is 11.9. The molecule has 0 aliphatic heterocycles. The number of halogens is 2. The molecule has 0 aromatic heterocycles. The number of hydrogen-bond donors (Lipinski definition) is 2. The zero-order valence-corrected chi connectivity index (χ0v) is 12.4. The van der Waals surface area contributed by atoms with Crippen LogP contribution in [0.2, 0.25) is 5.02 Å². The van der Waals surface area contributed by atoms with Gasteiger partial charge in [-0.1, -0.05) is 23.7 Å². The SMILES string of the molecule is Nc1cc(NC(=O)CS(=O)c2ccccc2Cl)ccc1F. The second-order valence-corrected chi connectivity index (χ2v) is 6.03. The summed E-state index contributed by atoms with van der Waals surface area (Å²) in [5.41, 5.74) is 5.68. The molecule has 0 heterocycles. The average molecular weight is 327 g/mol. The van der Waals surface area contributed by atoms with Crippen molar-refractivity contribution in [3.8, 4) is 0 Å². The van der Waals surface area contributed by atoms with Gasteiger partial charge < -0.3 is 11.1 Å². The average Bonchev–Trinajstić information content (AvgIpc) is 2.43. The molecule has 0 fully saturated rings. The smallest absolute Gasteiger partial charge is 0.237 e. The fraction of sp³-hybridized carbons (Fsp3) is 0.0714. The number of anilines is 2. The van der Waals surface area contributed by atoms with Gasteiger partial charge in [0.25, 0.3) is 0 Å². The first-order valence-electron chi connectivity index (χ1n) is 5.95. The maximum absolute atomic E-state index is 13.0. The molecule has 7 heteroatoms. The second kappa shape index (κ2) is 6.69. The van der Waals surface area contributed by atoms with Gasteiger partial charge in [0, 0.05) is 5.69 Å². The summed E-state index contributed by atoms with van der Waals surface area (Å²) >= 11 is 5.92. The van der Waals surface area contributed by atoms with E-state index in [1.54, 1.807) is 24.3 Å². The van der Waals surface area contributed by atoms with Crippen LogP contribution in [0, 0.1) is 5.82 Å². The molecule has 1 amide bonds. The summed E-state index contributed by atoms with van der Waals surface area (Å²) in [6.07, 6.45) is 0. The summed E-state index contributed by atoms with van der Waals surface area (Å²) in [5, 5.41) is 2.85. The van der Waals surface area contributed by atoms with E-state index in [4.69, 9.17) is 17.3 Å². The first-order valence-corrected chi connectivity index (χ1v) is 7.65. The highest BCUT2D eigenvalue weighted by Crippen LogP contribution is 2.20. The number of carbonyl (C=O) groups excluding carboxylic acids is 1. The van der Waals surface area contributed by atoms with E-state index in [0.717, 1.165) is 6.07 Å². The maximum atomic E-state index is 13.0. The summed E-state index contributed by atoms with van der Waals surface area (Å²) in [6.45, 7) is 0. The van der Waals surface area contributed by atoms with Gasteiger partial charge in [-0.3, -0.25) is 9.00 Å². The molecule has 3 N–H and O–H groups in total. The van der Waals surface area contributed by atoms with Crippen LogP contribution in [0.4, 0.5) is 15.8 Å². The van der Waals surface area contributed by atoms with Gasteiger partial charge >= 0.3 is 0 Å². The van der Waals surface area contributed by atoms with Gasteiger partial charge in [0.1, 0.15) is 11.6 Å². The third-order valence-electron chi connectivity index (χ3n) is 2.62. The number of carbonyl (C=O) groups is 1. The number of rotatable bonds is 4. The predicted molar refractivity (Wildman–Crippen MR) is 82.2 cm³/mol. The van der Waals surface area contributed by atoms with Crippen molar-refractivity contribution in [2.24, 2.45) is 0 Å². The largest absolute Gasteiger partial charge is 0.396 e. The Balaban J connectivity index is 2.03. The van der Waals surface area contributed by atoms with Crippen molar-refractivity contribution in [2.75, 3.05) is 16.8 Å². The van der Waals surface area contributed by atoms with E-state index in [-0.39, 0.29) is 11.4 Å². The van der Waals surface area contributed by atoms with Gasteiger partial charge in [-0.25, -0.2) is 4.39 Å². The van der Waals surface area contributed by atoms with Crippen molar-refractivity contribution >= 4 is 39.7 Å². The lowest BCUT2D eigenvalue weighted by atomic mass is 10.2. The van der Waals surface area contributed by atoms with Crippen LogP contribution in [0.15, 0.2) is 47.4 Å². The van der Waals surface area contributed by atoms with E-state index in [2.05, 4.69) is 5.32 Å². The molecule has 0 saturated heterocycles. The van der Waals surface area contributed by atoms with Gasteiger partial charge in [0.2, 0.25) is 5.91 Å². The molecule has 4 nitrogen and oxygen atoms in total. The van der Waals surface area contributed by atoms with Gasteiger partial charge in [-0.05, 0) is 30.3 Å². The molecule has 0 aliphatic carbocycles. The highest BCUT2D eigenvalue weighted by atomic mass is 35.5. The summed E-state index contributed by atoms with van der Waals surface area (Å²) in [4.78, 5) is 12.2. The zero-order valence-electron chi connectivity index (χ0n) is 10.8. The van der Waals surface area contributed by atoms with Crippen LogP contribution in [0.3, 0.4) is 0 Å². The van der Waals surface area contributed by atoms with Crippen molar-refractivity contribution in [3.63, 3.8) is 0 Å². The molecular weight excluding hydrogens is 315 g/mol. The molecule has 1 atom stereocenters. The quantitative estimate of drug-likeness (QED) is 0.849.